The standard InChI is InChI=1S/C13H18N4O2S/c1-7-8(2)10(4)12(11(5)9(7)3)20(18,19)17-13-14-6-15-16-13/h6H,1-5H3,(H2,14,15,16,17). The number of benzene rings is 1. The summed E-state index contributed by atoms with van der Waals surface area (Å²) in [5, 5.41) is 6.12. The zero-order chi connectivity index (χ0) is 15.1. The van der Waals surface area contributed by atoms with Crippen LogP contribution in [0, 0.1) is 34.6 Å². The molecule has 2 N–H and O–H groups in total. The fourth-order valence-corrected chi connectivity index (χ4v) is 3.87. The number of hydrogen-bond acceptors (Lipinski definition) is 4. The Morgan fingerprint density at radius 3 is 1.90 bits per heavy atom. The van der Waals surface area contributed by atoms with Crippen LogP contribution in [0.25, 0.3) is 0 Å². The lowest BCUT2D eigenvalue weighted by atomic mass is 9.95. The molecule has 0 atom stereocenters. The molecule has 0 aliphatic carbocycles. The van der Waals surface area contributed by atoms with Gasteiger partial charge < -0.3 is 0 Å². The van der Waals surface area contributed by atoms with Gasteiger partial charge in [0.15, 0.2) is 0 Å². The molecule has 6 nitrogen and oxygen atoms in total. The Morgan fingerprint density at radius 2 is 1.45 bits per heavy atom. The van der Waals surface area contributed by atoms with E-state index in [9.17, 15) is 8.42 Å². The van der Waals surface area contributed by atoms with Crippen LogP contribution in [-0.4, -0.2) is 23.6 Å². The van der Waals surface area contributed by atoms with Gasteiger partial charge in [-0.25, -0.2) is 18.2 Å². The lowest BCUT2D eigenvalue weighted by Gasteiger charge is -2.18. The molecule has 1 aromatic heterocycles. The van der Waals surface area contributed by atoms with Crippen molar-refractivity contribution in [2.24, 2.45) is 0 Å². The molecule has 1 heterocycles. The van der Waals surface area contributed by atoms with Crippen molar-refractivity contribution in [3.05, 3.63) is 34.1 Å². The molecule has 0 spiro atoms. The maximum atomic E-state index is 12.6. The summed E-state index contributed by atoms with van der Waals surface area (Å²) < 4.78 is 27.5. The number of sulfonamides is 1. The number of nitrogens with zero attached hydrogens (tertiary/aromatic N) is 2. The maximum Gasteiger partial charge on any atom is 0.264 e. The van der Waals surface area contributed by atoms with Crippen LogP contribution >= 0.6 is 0 Å². The summed E-state index contributed by atoms with van der Waals surface area (Å²) in [5.74, 6) is 0.111. The van der Waals surface area contributed by atoms with Crippen LogP contribution in [0.5, 0.6) is 0 Å². The molecular weight excluding hydrogens is 276 g/mol. The fraction of sp³-hybridized carbons (Fsp3) is 0.385. The van der Waals surface area contributed by atoms with Crippen LogP contribution in [-0.2, 0) is 10.0 Å². The smallest absolute Gasteiger partial charge is 0.248 e. The molecule has 0 amide bonds. The van der Waals surface area contributed by atoms with E-state index in [1.165, 1.54) is 6.33 Å². The van der Waals surface area contributed by atoms with Gasteiger partial charge in [0.2, 0.25) is 5.95 Å². The van der Waals surface area contributed by atoms with E-state index in [0.29, 0.717) is 4.90 Å². The van der Waals surface area contributed by atoms with Gasteiger partial charge in [-0.1, -0.05) is 0 Å². The number of H-pyrrole nitrogens is 1. The molecule has 108 valence electrons. The van der Waals surface area contributed by atoms with Crippen molar-refractivity contribution in [1.82, 2.24) is 15.2 Å². The third-order valence-electron chi connectivity index (χ3n) is 3.85. The molecule has 2 rings (SSSR count). The zero-order valence-electron chi connectivity index (χ0n) is 12.2. The Balaban J connectivity index is 2.63. The van der Waals surface area contributed by atoms with Gasteiger partial charge in [0.1, 0.15) is 6.33 Å². The van der Waals surface area contributed by atoms with Gasteiger partial charge in [-0.05, 0) is 62.4 Å². The molecule has 1 aromatic carbocycles. The summed E-state index contributed by atoms with van der Waals surface area (Å²) in [6, 6.07) is 0. The van der Waals surface area contributed by atoms with Gasteiger partial charge in [0.05, 0.1) is 4.90 Å². The molecule has 0 fully saturated rings. The zero-order valence-corrected chi connectivity index (χ0v) is 13.0. The molecule has 0 aliphatic heterocycles. The second kappa shape index (κ2) is 4.90. The van der Waals surface area contributed by atoms with Gasteiger partial charge in [-0.15, -0.1) is 0 Å². The third kappa shape index (κ3) is 2.29. The molecule has 0 radical (unpaired) electrons. The quantitative estimate of drug-likeness (QED) is 0.908. The molecule has 0 unspecified atom stereocenters. The summed E-state index contributed by atoms with van der Waals surface area (Å²) in [6.07, 6.45) is 1.25. The predicted octanol–water partition coefficient (Wildman–Crippen LogP) is 2.15. The summed E-state index contributed by atoms with van der Waals surface area (Å²) in [6.45, 7) is 9.52. The summed E-state index contributed by atoms with van der Waals surface area (Å²) in [4.78, 5) is 4.11. The number of aromatic nitrogens is 3. The predicted molar refractivity (Wildman–Crippen MR) is 77.3 cm³/mol. The molecule has 2 aromatic rings. The SMILES string of the molecule is Cc1c(C)c(C)c(S(=O)(=O)Nc2ncn[nH]2)c(C)c1C. The van der Waals surface area contributed by atoms with Crippen LogP contribution in [0.15, 0.2) is 11.2 Å². The molecule has 0 bridgehead atoms. The van der Waals surface area contributed by atoms with E-state index in [-0.39, 0.29) is 5.95 Å². The number of rotatable bonds is 3. The Labute approximate surface area is 118 Å². The van der Waals surface area contributed by atoms with E-state index >= 15 is 0 Å². The van der Waals surface area contributed by atoms with Crippen LogP contribution in [0.3, 0.4) is 0 Å². The number of aromatic amines is 1. The molecule has 20 heavy (non-hydrogen) atoms. The lowest BCUT2D eigenvalue weighted by molar-refractivity contribution is 0.599. The second-order valence-corrected chi connectivity index (χ2v) is 6.51. The van der Waals surface area contributed by atoms with Gasteiger partial charge in [0.25, 0.3) is 10.0 Å². The Kier molecular flexibility index (Phi) is 3.56. The van der Waals surface area contributed by atoms with Gasteiger partial charge in [-0.3, -0.25) is 0 Å². The monoisotopic (exact) mass is 294 g/mol. The van der Waals surface area contributed by atoms with Crippen LogP contribution in [0.1, 0.15) is 27.8 Å². The van der Waals surface area contributed by atoms with Crippen molar-refractivity contribution in [3.8, 4) is 0 Å². The Bertz CT molecular complexity index is 720. The van der Waals surface area contributed by atoms with Crippen molar-refractivity contribution in [2.45, 2.75) is 39.5 Å². The van der Waals surface area contributed by atoms with Crippen molar-refractivity contribution in [3.63, 3.8) is 0 Å². The van der Waals surface area contributed by atoms with Crippen molar-refractivity contribution < 1.29 is 8.42 Å². The first-order valence-electron chi connectivity index (χ1n) is 6.21. The molecule has 0 saturated carbocycles. The Morgan fingerprint density at radius 1 is 0.950 bits per heavy atom. The number of anilines is 1. The highest BCUT2D eigenvalue weighted by Gasteiger charge is 2.24. The number of hydrogen-bond donors (Lipinski definition) is 2. The highest BCUT2D eigenvalue weighted by Crippen LogP contribution is 2.30. The van der Waals surface area contributed by atoms with E-state index < -0.39 is 10.0 Å². The van der Waals surface area contributed by atoms with Gasteiger partial charge >= 0.3 is 0 Å². The van der Waals surface area contributed by atoms with Crippen molar-refractivity contribution in [1.29, 1.82) is 0 Å². The molecule has 7 heteroatoms. The first kappa shape index (κ1) is 14.5. The van der Waals surface area contributed by atoms with Crippen LogP contribution in [0.4, 0.5) is 5.95 Å². The topological polar surface area (TPSA) is 87.7 Å². The highest BCUT2D eigenvalue weighted by molar-refractivity contribution is 7.92. The van der Waals surface area contributed by atoms with Crippen molar-refractivity contribution in [2.75, 3.05) is 4.72 Å². The van der Waals surface area contributed by atoms with E-state index in [1.807, 2.05) is 34.6 Å². The second-order valence-electron chi connectivity index (χ2n) is 4.89. The first-order valence-corrected chi connectivity index (χ1v) is 7.69. The molecule has 0 saturated heterocycles. The van der Waals surface area contributed by atoms with Crippen LogP contribution < -0.4 is 4.72 Å². The van der Waals surface area contributed by atoms with Gasteiger partial charge in [-0.2, -0.15) is 10.1 Å². The van der Waals surface area contributed by atoms with Crippen molar-refractivity contribution >= 4 is 16.0 Å². The minimum absolute atomic E-state index is 0.111. The number of nitrogens with one attached hydrogen (secondary N) is 2. The molecular formula is C13H18N4O2S. The van der Waals surface area contributed by atoms with E-state index in [4.69, 9.17) is 0 Å². The van der Waals surface area contributed by atoms with E-state index in [0.717, 1.165) is 27.8 Å². The minimum atomic E-state index is -3.69. The van der Waals surface area contributed by atoms with Gasteiger partial charge in [0, 0.05) is 0 Å². The summed E-state index contributed by atoms with van der Waals surface area (Å²) in [5.41, 5.74) is 4.63. The van der Waals surface area contributed by atoms with E-state index in [2.05, 4.69) is 19.9 Å². The summed E-state index contributed by atoms with van der Waals surface area (Å²) >= 11 is 0. The molecule has 0 aliphatic rings. The average molecular weight is 294 g/mol. The summed E-state index contributed by atoms with van der Waals surface area (Å²) in [7, 11) is -3.69. The third-order valence-corrected chi connectivity index (χ3v) is 5.46. The largest absolute Gasteiger partial charge is 0.264 e. The lowest BCUT2D eigenvalue weighted by Crippen LogP contribution is -2.18. The average Bonchev–Trinajstić information content (AvgIpc) is 2.86. The van der Waals surface area contributed by atoms with Crippen LogP contribution in [0.2, 0.25) is 0 Å². The minimum Gasteiger partial charge on any atom is -0.248 e. The normalized spacial score (nSPS) is 11.7. The van der Waals surface area contributed by atoms with E-state index in [1.54, 1.807) is 0 Å². The first-order chi connectivity index (χ1) is 9.25. The Hall–Kier alpha value is -1.89. The maximum absolute atomic E-state index is 12.6. The highest BCUT2D eigenvalue weighted by atomic mass is 32.2. The fourth-order valence-electron chi connectivity index (χ4n) is 2.30.